The summed E-state index contributed by atoms with van der Waals surface area (Å²) in [5, 5.41) is 0.996. The molecule has 1 aromatic carbocycles. The van der Waals surface area contributed by atoms with E-state index >= 15 is 0 Å². The topological polar surface area (TPSA) is 26.3 Å². The molecule has 1 atom stereocenters. The minimum Gasteiger partial charge on any atom is -0.465 e. The van der Waals surface area contributed by atoms with Crippen LogP contribution in [0.25, 0.3) is 0 Å². The molecule has 16 heavy (non-hydrogen) atoms. The number of halogens is 3. The van der Waals surface area contributed by atoms with Crippen molar-refractivity contribution in [2.75, 3.05) is 6.61 Å². The fourth-order valence-corrected chi connectivity index (χ4v) is 2.02. The summed E-state index contributed by atoms with van der Waals surface area (Å²) in [4.78, 5) is 11.0. The van der Waals surface area contributed by atoms with E-state index in [4.69, 9.17) is 27.9 Å². The second-order valence-electron chi connectivity index (χ2n) is 3.17. The van der Waals surface area contributed by atoms with Gasteiger partial charge in [-0.3, -0.25) is 4.79 Å². The number of ether oxygens (including phenoxy) is 1. The summed E-state index contributed by atoms with van der Waals surface area (Å²) in [6, 6.07) is 5.29. The molecule has 0 amide bonds. The Morgan fingerprint density at radius 3 is 2.69 bits per heavy atom. The van der Waals surface area contributed by atoms with Gasteiger partial charge in [0, 0.05) is 0 Å². The first-order chi connectivity index (χ1) is 7.54. The number of esters is 1. The van der Waals surface area contributed by atoms with Crippen molar-refractivity contribution in [3.05, 3.63) is 33.8 Å². The lowest BCUT2D eigenvalue weighted by molar-refractivity contribution is -0.142. The molecule has 0 aliphatic rings. The number of carbonyl (C=O) groups excluding carboxylic acids is 1. The molecule has 5 heteroatoms. The molecule has 0 aliphatic heterocycles. The van der Waals surface area contributed by atoms with Crippen molar-refractivity contribution in [3.63, 3.8) is 0 Å². The molecule has 0 saturated carbocycles. The Kier molecular flexibility index (Phi) is 5.59. The summed E-state index contributed by atoms with van der Waals surface area (Å²) >= 11 is 14.9. The van der Waals surface area contributed by atoms with Crippen LogP contribution in [0, 0.1) is 0 Å². The predicted octanol–water partition coefficient (Wildman–Crippen LogP) is 3.86. The second kappa shape index (κ2) is 6.48. The summed E-state index contributed by atoms with van der Waals surface area (Å²) in [6.45, 7) is 2.15. The zero-order valence-electron chi connectivity index (χ0n) is 8.67. The van der Waals surface area contributed by atoms with Gasteiger partial charge in [-0.2, -0.15) is 0 Å². The van der Waals surface area contributed by atoms with Gasteiger partial charge >= 0.3 is 5.97 Å². The Balaban J connectivity index is 2.66. The Morgan fingerprint density at radius 1 is 1.44 bits per heavy atom. The van der Waals surface area contributed by atoms with Crippen molar-refractivity contribution in [2.24, 2.45) is 0 Å². The van der Waals surface area contributed by atoms with Crippen LogP contribution >= 0.6 is 39.1 Å². The normalized spacial score (nSPS) is 12.2. The molecule has 0 saturated heterocycles. The van der Waals surface area contributed by atoms with Gasteiger partial charge in [-0.05, 0) is 31.0 Å². The quantitative estimate of drug-likeness (QED) is 0.620. The molecule has 0 spiro atoms. The Morgan fingerprint density at radius 2 is 2.12 bits per heavy atom. The van der Waals surface area contributed by atoms with Gasteiger partial charge in [0.15, 0.2) is 0 Å². The van der Waals surface area contributed by atoms with Gasteiger partial charge in [0.25, 0.3) is 0 Å². The Bertz CT molecular complexity index is 382. The van der Waals surface area contributed by atoms with Crippen molar-refractivity contribution in [1.29, 1.82) is 0 Å². The van der Waals surface area contributed by atoms with Gasteiger partial charge < -0.3 is 4.74 Å². The van der Waals surface area contributed by atoms with E-state index in [0.29, 0.717) is 23.1 Å². The molecule has 0 aliphatic carbocycles. The molecule has 0 radical (unpaired) electrons. The van der Waals surface area contributed by atoms with Crippen LogP contribution in [0.2, 0.25) is 10.0 Å². The van der Waals surface area contributed by atoms with Crippen molar-refractivity contribution in [2.45, 2.75) is 18.2 Å². The molecule has 0 heterocycles. The molecule has 0 fully saturated rings. The molecular weight excluding hydrogens is 315 g/mol. The van der Waals surface area contributed by atoms with Gasteiger partial charge in [-0.25, -0.2) is 0 Å². The fourth-order valence-electron chi connectivity index (χ4n) is 1.19. The number of rotatable bonds is 4. The highest BCUT2D eigenvalue weighted by molar-refractivity contribution is 9.10. The molecule has 1 aromatic rings. The third kappa shape index (κ3) is 3.96. The van der Waals surface area contributed by atoms with Crippen LogP contribution in [0.1, 0.15) is 12.5 Å². The van der Waals surface area contributed by atoms with Crippen LogP contribution in [0.5, 0.6) is 0 Å². The molecule has 1 unspecified atom stereocenters. The molecule has 2 nitrogen and oxygen atoms in total. The monoisotopic (exact) mass is 324 g/mol. The van der Waals surface area contributed by atoms with Gasteiger partial charge in [-0.1, -0.05) is 45.2 Å². The van der Waals surface area contributed by atoms with E-state index in [2.05, 4.69) is 15.9 Å². The van der Waals surface area contributed by atoms with Crippen molar-refractivity contribution < 1.29 is 9.53 Å². The zero-order valence-corrected chi connectivity index (χ0v) is 11.8. The first-order valence-electron chi connectivity index (χ1n) is 4.79. The lowest BCUT2D eigenvalue weighted by atomic mass is 10.1. The molecule has 0 N–H and O–H groups in total. The number of carbonyl (C=O) groups is 1. The first-order valence-corrected chi connectivity index (χ1v) is 6.46. The highest BCUT2D eigenvalue weighted by Gasteiger charge is 2.16. The average molecular weight is 326 g/mol. The molecular formula is C11H11BrCl2O2. The maximum absolute atomic E-state index is 11.4. The van der Waals surface area contributed by atoms with Crippen molar-refractivity contribution >= 4 is 45.1 Å². The fraction of sp³-hybridized carbons (Fsp3) is 0.364. The average Bonchev–Trinajstić information content (AvgIpc) is 2.24. The van der Waals surface area contributed by atoms with Crippen LogP contribution in [0.4, 0.5) is 0 Å². The van der Waals surface area contributed by atoms with E-state index in [1.807, 2.05) is 6.07 Å². The third-order valence-corrected chi connectivity index (χ3v) is 3.38. The molecule has 0 bridgehead atoms. The van der Waals surface area contributed by atoms with Crippen LogP contribution < -0.4 is 0 Å². The van der Waals surface area contributed by atoms with Crippen LogP contribution in [-0.2, 0) is 16.0 Å². The van der Waals surface area contributed by atoms with E-state index in [0.717, 1.165) is 5.56 Å². The first kappa shape index (κ1) is 13.8. The van der Waals surface area contributed by atoms with E-state index < -0.39 is 0 Å². The third-order valence-electron chi connectivity index (χ3n) is 1.94. The summed E-state index contributed by atoms with van der Waals surface area (Å²) in [7, 11) is 0. The molecule has 88 valence electrons. The highest BCUT2D eigenvalue weighted by Crippen LogP contribution is 2.24. The summed E-state index contributed by atoms with van der Waals surface area (Å²) < 4.78 is 4.88. The second-order valence-corrected chi connectivity index (χ2v) is 5.09. The largest absolute Gasteiger partial charge is 0.465 e. The van der Waals surface area contributed by atoms with E-state index in [1.54, 1.807) is 19.1 Å². The number of hydrogen-bond donors (Lipinski definition) is 0. The van der Waals surface area contributed by atoms with E-state index in [1.165, 1.54) is 0 Å². The SMILES string of the molecule is CCOC(=O)C(Br)Cc1ccc(Cl)c(Cl)c1. The van der Waals surface area contributed by atoms with Crippen molar-refractivity contribution in [3.8, 4) is 0 Å². The smallest absolute Gasteiger partial charge is 0.320 e. The standard InChI is InChI=1S/C11H11BrCl2O2/c1-2-16-11(15)8(12)5-7-3-4-9(13)10(14)6-7/h3-4,6,8H,2,5H2,1H3. The van der Waals surface area contributed by atoms with E-state index in [9.17, 15) is 4.79 Å². The minimum atomic E-state index is -0.357. The highest BCUT2D eigenvalue weighted by atomic mass is 79.9. The van der Waals surface area contributed by atoms with E-state index in [-0.39, 0.29) is 10.8 Å². The molecule has 0 aromatic heterocycles. The van der Waals surface area contributed by atoms with Gasteiger partial charge in [0.05, 0.1) is 16.7 Å². The number of hydrogen-bond acceptors (Lipinski definition) is 2. The summed E-state index contributed by atoms with van der Waals surface area (Å²) in [5.74, 6) is -0.270. The van der Waals surface area contributed by atoms with Crippen LogP contribution in [0.15, 0.2) is 18.2 Å². The maximum Gasteiger partial charge on any atom is 0.320 e. The number of benzene rings is 1. The zero-order chi connectivity index (χ0) is 12.1. The lowest BCUT2D eigenvalue weighted by Gasteiger charge is -2.09. The predicted molar refractivity (Wildman–Crippen MR) is 69.5 cm³/mol. The number of alkyl halides is 1. The Hall–Kier alpha value is -0.250. The van der Waals surface area contributed by atoms with Crippen molar-refractivity contribution in [1.82, 2.24) is 0 Å². The Labute approximate surface area is 113 Å². The van der Waals surface area contributed by atoms with Gasteiger partial charge in [-0.15, -0.1) is 0 Å². The van der Waals surface area contributed by atoms with Crippen LogP contribution in [-0.4, -0.2) is 17.4 Å². The maximum atomic E-state index is 11.4. The summed E-state index contributed by atoms with van der Waals surface area (Å²) in [5.41, 5.74) is 0.935. The molecule has 1 rings (SSSR count). The van der Waals surface area contributed by atoms with Gasteiger partial charge in [0.2, 0.25) is 0 Å². The minimum absolute atomic E-state index is 0.270. The van der Waals surface area contributed by atoms with Gasteiger partial charge in [0.1, 0.15) is 4.83 Å². The lowest BCUT2D eigenvalue weighted by Crippen LogP contribution is -2.19. The summed E-state index contributed by atoms with van der Waals surface area (Å²) in [6.07, 6.45) is 0.524. The van der Waals surface area contributed by atoms with Crippen LogP contribution in [0.3, 0.4) is 0 Å².